The summed E-state index contributed by atoms with van der Waals surface area (Å²) < 4.78 is 0. The monoisotopic (exact) mass is 300 g/mol. The first kappa shape index (κ1) is 12.1. The van der Waals surface area contributed by atoms with E-state index in [9.17, 15) is 9.59 Å². The lowest BCUT2D eigenvalue weighted by atomic mass is 10.5. The molecule has 0 fully saturated rings. The molecule has 0 saturated heterocycles. The highest BCUT2D eigenvalue weighted by Gasteiger charge is 2.15. The van der Waals surface area contributed by atoms with Gasteiger partial charge in [0.2, 0.25) is 11.9 Å². The third kappa shape index (κ3) is 1.64. The number of aromatic nitrogens is 8. The fourth-order valence-corrected chi connectivity index (χ4v) is 2.07. The molecule has 0 bridgehead atoms. The first-order valence-electron chi connectivity index (χ1n) is 6.02. The number of aromatic amines is 4. The van der Waals surface area contributed by atoms with E-state index in [0.717, 1.165) is 0 Å². The van der Waals surface area contributed by atoms with Gasteiger partial charge >= 0.3 is 0 Å². The molecule has 0 saturated carbocycles. The van der Waals surface area contributed by atoms with E-state index in [2.05, 4.69) is 39.9 Å². The molecule has 0 aliphatic heterocycles. The van der Waals surface area contributed by atoms with Crippen molar-refractivity contribution >= 4 is 34.2 Å². The second-order valence-electron chi connectivity index (χ2n) is 4.47. The van der Waals surface area contributed by atoms with Crippen molar-refractivity contribution in [3.63, 3.8) is 0 Å². The molecule has 0 atom stereocenters. The van der Waals surface area contributed by atoms with Gasteiger partial charge in [0.15, 0.2) is 34.0 Å². The summed E-state index contributed by atoms with van der Waals surface area (Å²) in [6.45, 7) is 0. The topological polar surface area (TPSA) is 201 Å². The van der Waals surface area contributed by atoms with E-state index in [-0.39, 0.29) is 45.9 Å². The quantitative estimate of drug-likeness (QED) is 0.242. The fraction of sp³-hybridized carbons (Fsp3) is 0. The molecule has 0 aliphatic rings. The molecule has 12 nitrogen and oxygen atoms in total. The Labute approximate surface area is 119 Å². The van der Waals surface area contributed by atoms with Crippen molar-refractivity contribution in [1.82, 2.24) is 39.9 Å². The maximum absolute atomic E-state index is 11.8. The van der Waals surface area contributed by atoms with Crippen molar-refractivity contribution in [2.24, 2.45) is 0 Å². The van der Waals surface area contributed by atoms with Gasteiger partial charge in [0, 0.05) is 0 Å². The number of H-pyrrole nitrogens is 4. The SMILES string of the molecule is Nc1nc2nc(-c3nc4nc(N)[nH]c(=O)c4[nH]3)[nH]c2c(=O)[nH]1. The van der Waals surface area contributed by atoms with Crippen LogP contribution in [-0.4, -0.2) is 39.9 Å². The number of nitrogens with two attached hydrogens (primary N) is 2. The Kier molecular flexibility index (Phi) is 2.14. The predicted molar refractivity (Wildman–Crippen MR) is 76.8 cm³/mol. The number of rotatable bonds is 1. The minimum absolute atomic E-state index is 0.0500. The molecule has 22 heavy (non-hydrogen) atoms. The third-order valence-electron chi connectivity index (χ3n) is 2.98. The van der Waals surface area contributed by atoms with Gasteiger partial charge in [-0.1, -0.05) is 0 Å². The molecule has 0 amide bonds. The summed E-state index contributed by atoms with van der Waals surface area (Å²) in [6.07, 6.45) is 0. The lowest BCUT2D eigenvalue weighted by molar-refractivity contribution is 1.17. The molecule has 4 rings (SSSR count). The number of nitrogens with one attached hydrogen (secondary N) is 4. The molecule has 0 unspecified atom stereocenters. The van der Waals surface area contributed by atoms with Crippen molar-refractivity contribution in [2.75, 3.05) is 11.5 Å². The highest BCUT2D eigenvalue weighted by Crippen LogP contribution is 2.17. The van der Waals surface area contributed by atoms with Gasteiger partial charge in [0.25, 0.3) is 11.1 Å². The Balaban J connectivity index is 1.99. The smallest absolute Gasteiger partial charge is 0.278 e. The van der Waals surface area contributed by atoms with Gasteiger partial charge in [0.1, 0.15) is 0 Å². The van der Waals surface area contributed by atoms with Crippen LogP contribution >= 0.6 is 0 Å². The Morgan fingerprint density at radius 1 is 0.636 bits per heavy atom. The summed E-state index contributed by atoms with van der Waals surface area (Å²) in [5.41, 5.74) is 10.6. The Morgan fingerprint density at radius 2 is 1.05 bits per heavy atom. The highest BCUT2D eigenvalue weighted by molar-refractivity contribution is 5.78. The Bertz CT molecular complexity index is 1050. The molecular weight excluding hydrogens is 292 g/mol. The van der Waals surface area contributed by atoms with Crippen molar-refractivity contribution < 1.29 is 0 Å². The lowest BCUT2D eigenvalue weighted by Crippen LogP contribution is -2.10. The summed E-state index contributed by atoms with van der Waals surface area (Å²) in [4.78, 5) is 49.8. The maximum Gasteiger partial charge on any atom is 0.278 e. The Morgan fingerprint density at radius 3 is 1.45 bits per heavy atom. The summed E-state index contributed by atoms with van der Waals surface area (Å²) in [5, 5.41) is 0. The second-order valence-corrected chi connectivity index (χ2v) is 4.47. The maximum atomic E-state index is 11.8. The van der Waals surface area contributed by atoms with Gasteiger partial charge in [0.05, 0.1) is 0 Å². The molecule has 0 aliphatic carbocycles. The summed E-state index contributed by atoms with van der Waals surface area (Å²) in [7, 11) is 0. The van der Waals surface area contributed by atoms with Crippen molar-refractivity contribution in [3.05, 3.63) is 20.7 Å². The first-order chi connectivity index (χ1) is 10.5. The molecule has 0 radical (unpaired) electrons. The number of hydrogen-bond acceptors (Lipinski definition) is 8. The van der Waals surface area contributed by atoms with E-state index in [1.807, 2.05) is 0 Å². The van der Waals surface area contributed by atoms with Crippen LogP contribution in [-0.2, 0) is 0 Å². The van der Waals surface area contributed by atoms with Crippen molar-refractivity contribution in [2.45, 2.75) is 0 Å². The molecule has 4 aromatic rings. The molecule has 0 spiro atoms. The lowest BCUT2D eigenvalue weighted by Gasteiger charge is -1.89. The van der Waals surface area contributed by atoms with E-state index < -0.39 is 11.1 Å². The highest BCUT2D eigenvalue weighted by atomic mass is 16.1. The third-order valence-corrected chi connectivity index (χ3v) is 2.98. The van der Waals surface area contributed by atoms with Crippen LogP contribution in [0.25, 0.3) is 34.0 Å². The average molecular weight is 300 g/mol. The predicted octanol–water partition coefficient (Wildman–Crippen LogP) is -1.56. The van der Waals surface area contributed by atoms with E-state index in [1.165, 1.54) is 0 Å². The number of fused-ring (bicyclic) bond motifs is 2. The zero-order valence-electron chi connectivity index (χ0n) is 10.8. The van der Waals surface area contributed by atoms with Gasteiger partial charge in [-0.15, -0.1) is 0 Å². The van der Waals surface area contributed by atoms with Gasteiger partial charge in [-0.2, -0.15) is 9.97 Å². The van der Waals surface area contributed by atoms with Crippen molar-refractivity contribution in [1.29, 1.82) is 0 Å². The largest absolute Gasteiger partial charge is 0.369 e. The van der Waals surface area contributed by atoms with Crippen LogP contribution < -0.4 is 22.6 Å². The molecular formula is C10H8N10O2. The van der Waals surface area contributed by atoms with Crippen LogP contribution in [0.5, 0.6) is 0 Å². The van der Waals surface area contributed by atoms with Crippen LogP contribution in [0.4, 0.5) is 11.9 Å². The second kappa shape index (κ2) is 3.91. The average Bonchev–Trinajstić information content (AvgIpc) is 3.01. The standard InChI is InChI=1S/C10H8N10O2/c11-9-17-3-1(7(21)19-9)13-5(15-3)6-14-2-4(16-6)18-10(12)20-8(2)22/h(H4,11,13,15,17,19,21)(H4,12,14,16,18,20,22). The zero-order valence-corrected chi connectivity index (χ0v) is 10.8. The fourth-order valence-electron chi connectivity index (χ4n) is 2.07. The molecule has 8 N–H and O–H groups in total. The van der Waals surface area contributed by atoms with Crippen LogP contribution in [0.3, 0.4) is 0 Å². The number of nitrogens with zero attached hydrogens (tertiary/aromatic N) is 4. The summed E-state index contributed by atoms with van der Waals surface area (Å²) in [6, 6.07) is 0. The minimum atomic E-state index is -0.461. The minimum Gasteiger partial charge on any atom is -0.369 e. The summed E-state index contributed by atoms with van der Waals surface area (Å²) in [5.74, 6) is 0.334. The van der Waals surface area contributed by atoms with E-state index >= 15 is 0 Å². The summed E-state index contributed by atoms with van der Waals surface area (Å²) >= 11 is 0. The number of hydrogen-bond donors (Lipinski definition) is 6. The van der Waals surface area contributed by atoms with Gasteiger partial charge in [-0.05, 0) is 0 Å². The van der Waals surface area contributed by atoms with Crippen LogP contribution in [0.2, 0.25) is 0 Å². The van der Waals surface area contributed by atoms with Crippen LogP contribution in [0.15, 0.2) is 9.59 Å². The van der Waals surface area contributed by atoms with E-state index in [4.69, 9.17) is 11.5 Å². The van der Waals surface area contributed by atoms with E-state index in [1.54, 1.807) is 0 Å². The molecule has 0 aromatic carbocycles. The van der Waals surface area contributed by atoms with Gasteiger partial charge in [-0.3, -0.25) is 19.6 Å². The normalized spacial score (nSPS) is 11.5. The van der Waals surface area contributed by atoms with Gasteiger partial charge < -0.3 is 21.4 Å². The first-order valence-corrected chi connectivity index (χ1v) is 6.02. The molecule has 110 valence electrons. The molecule has 12 heteroatoms. The van der Waals surface area contributed by atoms with E-state index in [0.29, 0.717) is 0 Å². The number of nitrogen functional groups attached to an aromatic ring is 2. The molecule has 4 heterocycles. The number of imidazole rings is 2. The molecule has 4 aromatic heterocycles. The zero-order chi connectivity index (χ0) is 15.4. The number of anilines is 2. The van der Waals surface area contributed by atoms with Gasteiger partial charge in [-0.25, -0.2) is 9.97 Å². The Hall–Kier alpha value is -3.70. The van der Waals surface area contributed by atoms with Crippen LogP contribution in [0, 0.1) is 0 Å². The van der Waals surface area contributed by atoms with Crippen LogP contribution in [0.1, 0.15) is 0 Å². The van der Waals surface area contributed by atoms with Crippen molar-refractivity contribution in [3.8, 4) is 11.6 Å².